The Labute approximate surface area is 743 Å². The number of aromatic nitrogens is 7. The minimum atomic E-state index is -0.0626. The van der Waals surface area contributed by atoms with Gasteiger partial charge in [0.25, 0.3) is 0 Å². The van der Waals surface area contributed by atoms with Crippen LogP contribution in [0.5, 0.6) is 0 Å². The molecule has 7 heterocycles. The Morgan fingerprint density at radius 2 is 0.659 bits per heavy atom. The fraction of sp³-hybridized carbons (Fsp3) is 0.0252. The molecule has 129 heavy (non-hydrogen) atoms. The highest BCUT2D eigenvalue weighted by atomic mass is 32.1. The first kappa shape index (κ1) is 73.8. The summed E-state index contributed by atoms with van der Waals surface area (Å²) in [6.45, 7) is 4.64. The first-order valence-electron chi connectivity index (χ1n) is 43.8. The Hall–Kier alpha value is -16.7. The van der Waals surface area contributed by atoms with E-state index in [1.54, 1.807) is 0 Å². The van der Waals surface area contributed by atoms with Gasteiger partial charge in [-0.1, -0.05) is 311 Å². The monoisotopic (exact) mass is 1660 g/mol. The number of rotatable bonds is 7. The smallest absolute Gasteiger partial charge is 0.136 e. The maximum absolute atomic E-state index is 6.26. The number of benzene rings is 20. The van der Waals surface area contributed by atoms with Crippen molar-refractivity contribution < 1.29 is 8.83 Å². The molecule has 0 unspecified atom stereocenters. The second kappa shape index (κ2) is 29.2. The van der Waals surface area contributed by atoms with Crippen molar-refractivity contribution in [2.24, 2.45) is 0 Å². The van der Waals surface area contributed by atoms with Crippen LogP contribution < -0.4 is 0 Å². The molecule has 9 nitrogen and oxygen atoms in total. The molecular weight excluding hydrogens is 1590 g/mol. The van der Waals surface area contributed by atoms with Crippen LogP contribution in [0, 0.1) is 0 Å². The van der Waals surface area contributed by atoms with Gasteiger partial charge in [-0.2, -0.15) is 0 Å². The van der Waals surface area contributed by atoms with Crippen molar-refractivity contribution in [3.63, 3.8) is 0 Å². The SMILES string of the molecule is CC1(C)c2ccccc2-c2cc(-c3nc4c(ccc5ccccc54)nc3-c3cccc4cc5oc6ccccc6c5cc34)ccc21.c1ccc(-c2nc3ccccc3nc2-c2cccc3cc4oc5ccccc5c4cc23)cc1.c1ccc(-n2c3ccccc3c3ccc(-c4nc5ccc6ccccc6c5nc4-c4cccc5cc6sc7ccccc7c6cc45)cc32)cc1. The summed E-state index contributed by atoms with van der Waals surface area (Å²) < 4.78 is 17.4. The molecule has 0 bridgehead atoms. The van der Waals surface area contributed by atoms with Crippen LogP contribution in [0.3, 0.4) is 0 Å². The molecule has 20 aromatic carbocycles. The molecule has 0 aliphatic heterocycles. The van der Waals surface area contributed by atoms with Gasteiger partial charge in [0, 0.05) is 108 Å². The maximum atomic E-state index is 6.26. The third-order valence-corrected chi connectivity index (χ3v) is 27.6. The molecule has 0 atom stereocenters. The predicted molar refractivity (Wildman–Crippen MR) is 538 cm³/mol. The van der Waals surface area contributed by atoms with E-state index in [0.29, 0.717) is 0 Å². The number of nitrogens with zero attached hydrogens (tertiary/aromatic N) is 7. The Morgan fingerprint density at radius 3 is 1.30 bits per heavy atom. The van der Waals surface area contributed by atoms with E-state index in [1.165, 1.54) is 69.5 Å². The molecule has 0 fully saturated rings. The fourth-order valence-corrected chi connectivity index (χ4v) is 21.4. The van der Waals surface area contributed by atoms with E-state index < -0.39 is 0 Å². The fourth-order valence-electron chi connectivity index (χ4n) is 20.3. The standard InChI is InChI=1S/C46H27N3S.C43H28N2O.C30H18N2O/c1-2-13-31(14-3-1)49-40-19-8-6-16-33(40)34-23-21-30(25-41(34)49)44-46(48-45-32-15-5-4-11-28(32)22-24-39(45)47-44)36-18-10-12-29-26-43-38(27-37(29)36)35-17-7-9-20-42(35)50-43;1-43(2)35-16-7-5-13-29(35)33-22-27(18-20-36(33)43)40-42(44-37-21-19-25-10-3-4-12-28(25)41(37)45-40)31-15-9-11-26-23-39-34(24-32(26)31)30-14-6-8-17-38(30)46-39;1-2-9-19(10-3-1)29-30(32-26-15-6-5-14-25(26)31-29)22-13-8-11-20-17-28-24(18-23(20)22)21-12-4-7-16-27(21)33-28/h1-27H;3-24H,1-2H3;1-18H. The summed E-state index contributed by atoms with van der Waals surface area (Å²) in [6.07, 6.45) is 0. The van der Waals surface area contributed by atoms with Crippen molar-refractivity contribution in [2.45, 2.75) is 19.3 Å². The molecule has 28 rings (SSSR count). The molecular formula is C119H73N7O2S. The summed E-state index contributed by atoms with van der Waals surface area (Å²) in [7, 11) is 0. The zero-order valence-corrected chi connectivity index (χ0v) is 70.9. The summed E-state index contributed by atoms with van der Waals surface area (Å²) in [5.41, 5.74) is 29.3. The lowest BCUT2D eigenvalue weighted by Crippen LogP contribution is -2.14. The molecule has 27 aromatic rings. The molecule has 602 valence electrons. The normalized spacial score (nSPS) is 12.5. The van der Waals surface area contributed by atoms with Gasteiger partial charge in [-0.3, -0.25) is 0 Å². The zero-order valence-electron chi connectivity index (χ0n) is 70.0. The number of hydrogen-bond donors (Lipinski definition) is 0. The van der Waals surface area contributed by atoms with Crippen LogP contribution in [-0.4, -0.2) is 34.5 Å². The minimum absolute atomic E-state index is 0.0626. The van der Waals surface area contributed by atoms with E-state index in [0.717, 1.165) is 199 Å². The average molecular weight is 1670 g/mol. The van der Waals surface area contributed by atoms with Crippen molar-refractivity contribution in [3.05, 3.63) is 418 Å². The first-order valence-corrected chi connectivity index (χ1v) is 44.6. The van der Waals surface area contributed by atoms with Crippen LogP contribution >= 0.6 is 11.3 Å². The molecule has 1 aliphatic carbocycles. The van der Waals surface area contributed by atoms with E-state index in [1.807, 2.05) is 78.1 Å². The van der Waals surface area contributed by atoms with Crippen LogP contribution in [-0.2, 0) is 5.41 Å². The van der Waals surface area contributed by atoms with Gasteiger partial charge in [0.2, 0.25) is 0 Å². The number of furan rings is 2. The average Bonchev–Trinajstić information content (AvgIpc) is 1.25. The molecule has 10 heteroatoms. The van der Waals surface area contributed by atoms with Crippen LogP contribution in [0.4, 0.5) is 0 Å². The molecule has 0 radical (unpaired) electrons. The predicted octanol–water partition coefficient (Wildman–Crippen LogP) is 32.2. The summed E-state index contributed by atoms with van der Waals surface area (Å²) >= 11 is 1.85. The zero-order chi connectivity index (χ0) is 85.1. The molecule has 1 aliphatic rings. The van der Waals surface area contributed by atoms with Gasteiger partial charge < -0.3 is 13.4 Å². The van der Waals surface area contributed by atoms with Crippen molar-refractivity contribution in [1.29, 1.82) is 0 Å². The molecule has 0 spiro atoms. The highest BCUT2D eigenvalue weighted by molar-refractivity contribution is 7.25. The largest absolute Gasteiger partial charge is 0.456 e. The highest BCUT2D eigenvalue weighted by Crippen LogP contribution is 2.52. The number of fused-ring (bicyclic) bond motifs is 25. The molecule has 7 aromatic heterocycles. The maximum Gasteiger partial charge on any atom is 0.136 e. The van der Waals surface area contributed by atoms with Gasteiger partial charge in [0.05, 0.1) is 78.3 Å². The third kappa shape index (κ3) is 12.0. The van der Waals surface area contributed by atoms with Crippen LogP contribution in [0.15, 0.2) is 415 Å². The van der Waals surface area contributed by atoms with Gasteiger partial charge in [0.15, 0.2) is 0 Å². The van der Waals surface area contributed by atoms with E-state index in [9.17, 15) is 0 Å². The van der Waals surface area contributed by atoms with Crippen LogP contribution in [0.2, 0.25) is 0 Å². The first-order chi connectivity index (χ1) is 63.7. The number of thiophene rings is 1. The van der Waals surface area contributed by atoms with Crippen molar-refractivity contribution in [3.8, 4) is 84.4 Å². The quantitative estimate of drug-likeness (QED) is 0.145. The summed E-state index contributed by atoms with van der Waals surface area (Å²) in [4.78, 5) is 32.1. The Morgan fingerprint density at radius 1 is 0.225 bits per heavy atom. The van der Waals surface area contributed by atoms with E-state index in [4.69, 9.17) is 38.7 Å². The van der Waals surface area contributed by atoms with Crippen molar-refractivity contribution >= 4 is 184 Å². The van der Waals surface area contributed by atoms with Gasteiger partial charge in [-0.15, -0.1) is 11.3 Å². The van der Waals surface area contributed by atoms with Gasteiger partial charge in [-0.05, 0) is 175 Å². The Bertz CT molecular complexity index is 9390. The number of hydrogen-bond acceptors (Lipinski definition) is 9. The summed E-state index contributed by atoms with van der Waals surface area (Å²) in [5, 5.41) is 20.9. The Kier molecular flexibility index (Phi) is 16.7. The molecule has 0 N–H and O–H groups in total. The van der Waals surface area contributed by atoms with Gasteiger partial charge in [-0.25, -0.2) is 29.9 Å². The van der Waals surface area contributed by atoms with E-state index in [2.05, 4.69) is 358 Å². The lowest BCUT2D eigenvalue weighted by molar-refractivity contribution is 0.660. The van der Waals surface area contributed by atoms with E-state index >= 15 is 0 Å². The molecule has 0 amide bonds. The Balaban J connectivity index is 0.000000104. The van der Waals surface area contributed by atoms with Crippen LogP contribution in [0.25, 0.3) is 257 Å². The summed E-state index contributed by atoms with van der Waals surface area (Å²) in [5.74, 6) is 0. The minimum Gasteiger partial charge on any atom is -0.456 e. The molecule has 0 saturated carbocycles. The second-order valence-electron chi connectivity index (χ2n) is 34.2. The van der Waals surface area contributed by atoms with Gasteiger partial charge >= 0.3 is 0 Å². The summed E-state index contributed by atoms with van der Waals surface area (Å²) in [6, 6.07) is 144. The lowest BCUT2D eigenvalue weighted by Gasteiger charge is -2.21. The second-order valence-corrected chi connectivity index (χ2v) is 35.3. The van der Waals surface area contributed by atoms with Gasteiger partial charge in [0.1, 0.15) is 22.3 Å². The third-order valence-electron chi connectivity index (χ3n) is 26.5. The topological polar surface area (TPSA) is 109 Å². The van der Waals surface area contributed by atoms with Crippen molar-refractivity contribution in [2.75, 3.05) is 0 Å². The van der Waals surface area contributed by atoms with Crippen molar-refractivity contribution in [1.82, 2.24) is 34.5 Å². The lowest BCUT2D eigenvalue weighted by atomic mass is 9.82. The van der Waals surface area contributed by atoms with Crippen LogP contribution in [0.1, 0.15) is 25.0 Å². The van der Waals surface area contributed by atoms with E-state index in [-0.39, 0.29) is 5.41 Å². The highest BCUT2D eigenvalue weighted by Gasteiger charge is 2.36. The molecule has 0 saturated heterocycles. The number of para-hydroxylation sites is 6.